The molecule has 128 valence electrons. The van der Waals surface area contributed by atoms with Crippen molar-refractivity contribution in [2.45, 2.75) is 52.4 Å². The van der Waals surface area contributed by atoms with E-state index in [-0.39, 0.29) is 0 Å². The van der Waals surface area contributed by atoms with Crippen LogP contribution in [0.3, 0.4) is 0 Å². The van der Waals surface area contributed by atoms with Crippen LogP contribution in [0.5, 0.6) is 5.75 Å². The molecular formula is C22H29OP. The zero-order valence-electron chi connectivity index (χ0n) is 15.0. The predicted molar refractivity (Wildman–Crippen MR) is 106 cm³/mol. The average molecular weight is 340 g/mol. The molecule has 2 unspecified atom stereocenters. The standard InChI is InChI=1S/C22H29OP/c1-3-5-11-18(4-2)12-10-17-24-22-16-9-7-14-20(22)19-13-6-8-15-21(19)23-24/h6-9,13-16,18H,3-5,10-12,17H2,1-2H3. The van der Waals surface area contributed by atoms with Gasteiger partial charge in [-0.3, -0.25) is 0 Å². The van der Waals surface area contributed by atoms with Gasteiger partial charge in [-0.2, -0.15) is 0 Å². The summed E-state index contributed by atoms with van der Waals surface area (Å²) in [5.41, 5.74) is 2.63. The highest BCUT2D eigenvalue weighted by Gasteiger charge is 2.25. The van der Waals surface area contributed by atoms with Crippen molar-refractivity contribution in [1.82, 2.24) is 0 Å². The zero-order chi connectivity index (χ0) is 16.8. The molecule has 0 spiro atoms. The van der Waals surface area contributed by atoms with E-state index in [4.69, 9.17) is 4.52 Å². The summed E-state index contributed by atoms with van der Waals surface area (Å²) < 4.78 is 6.42. The fourth-order valence-electron chi connectivity index (χ4n) is 3.59. The van der Waals surface area contributed by atoms with Crippen LogP contribution < -0.4 is 9.83 Å². The van der Waals surface area contributed by atoms with Crippen molar-refractivity contribution in [1.29, 1.82) is 0 Å². The molecule has 0 fully saturated rings. The Bertz CT molecular complexity index is 652. The van der Waals surface area contributed by atoms with Crippen molar-refractivity contribution in [2.24, 2.45) is 5.92 Å². The molecule has 0 amide bonds. The number of hydrogen-bond donors (Lipinski definition) is 0. The first-order valence-electron chi connectivity index (χ1n) is 9.47. The molecule has 1 aliphatic heterocycles. The van der Waals surface area contributed by atoms with Gasteiger partial charge in [-0.25, -0.2) is 0 Å². The fourth-order valence-corrected chi connectivity index (χ4v) is 5.60. The molecule has 0 N–H and O–H groups in total. The van der Waals surface area contributed by atoms with Crippen molar-refractivity contribution in [3.05, 3.63) is 48.5 Å². The van der Waals surface area contributed by atoms with Crippen LogP contribution in [0.1, 0.15) is 52.4 Å². The van der Waals surface area contributed by atoms with Crippen LogP contribution in [-0.2, 0) is 0 Å². The molecule has 0 saturated carbocycles. The van der Waals surface area contributed by atoms with Gasteiger partial charge in [0.1, 0.15) is 13.9 Å². The highest BCUT2D eigenvalue weighted by molar-refractivity contribution is 7.61. The molecule has 2 aromatic carbocycles. The van der Waals surface area contributed by atoms with Crippen LogP contribution in [-0.4, -0.2) is 6.16 Å². The van der Waals surface area contributed by atoms with Gasteiger partial charge in [-0.1, -0.05) is 82.0 Å². The number of unbranched alkanes of at least 4 members (excludes halogenated alkanes) is 1. The molecule has 2 aromatic rings. The van der Waals surface area contributed by atoms with Gasteiger partial charge in [0, 0.05) is 17.0 Å². The maximum atomic E-state index is 6.42. The molecule has 2 atom stereocenters. The predicted octanol–water partition coefficient (Wildman–Crippen LogP) is 6.76. The van der Waals surface area contributed by atoms with Crippen LogP contribution in [0, 0.1) is 5.92 Å². The third-order valence-corrected chi connectivity index (χ3v) is 7.14. The van der Waals surface area contributed by atoms with Crippen molar-refractivity contribution in [3.63, 3.8) is 0 Å². The number of para-hydroxylation sites is 1. The van der Waals surface area contributed by atoms with E-state index in [2.05, 4.69) is 62.4 Å². The van der Waals surface area contributed by atoms with Crippen LogP contribution in [0.4, 0.5) is 0 Å². The van der Waals surface area contributed by atoms with E-state index in [1.54, 1.807) is 0 Å². The van der Waals surface area contributed by atoms with E-state index in [0.29, 0.717) is 0 Å². The number of fused-ring (bicyclic) bond motifs is 3. The highest BCUT2D eigenvalue weighted by Crippen LogP contribution is 2.49. The quantitative estimate of drug-likeness (QED) is 0.482. The first kappa shape index (κ1) is 17.5. The van der Waals surface area contributed by atoms with E-state index < -0.39 is 8.15 Å². The summed E-state index contributed by atoms with van der Waals surface area (Å²) >= 11 is 0. The maximum Gasteiger partial charge on any atom is 0.131 e. The van der Waals surface area contributed by atoms with Crippen molar-refractivity contribution in [3.8, 4) is 16.9 Å². The zero-order valence-corrected chi connectivity index (χ0v) is 15.9. The van der Waals surface area contributed by atoms with E-state index >= 15 is 0 Å². The summed E-state index contributed by atoms with van der Waals surface area (Å²) in [7, 11) is -0.523. The van der Waals surface area contributed by atoms with Gasteiger partial charge in [0.25, 0.3) is 0 Å². The topological polar surface area (TPSA) is 9.23 Å². The van der Waals surface area contributed by atoms with E-state index in [1.165, 1.54) is 61.1 Å². The Morgan fingerprint density at radius 1 is 0.875 bits per heavy atom. The van der Waals surface area contributed by atoms with Gasteiger partial charge in [-0.15, -0.1) is 0 Å². The SMILES string of the molecule is CCCCC(CC)CCCP1Oc2ccccc2-c2ccccc21. The Morgan fingerprint density at radius 3 is 2.38 bits per heavy atom. The van der Waals surface area contributed by atoms with Crippen molar-refractivity contribution >= 4 is 13.5 Å². The van der Waals surface area contributed by atoms with Gasteiger partial charge >= 0.3 is 0 Å². The summed E-state index contributed by atoms with van der Waals surface area (Å²) in [6, 6.07) is 17.3. The lowest BCUT2D eigenvalue weighted by Crippen LogP contribution is -2.16. The molecule has 0 aliphatic carbocycles. The molecule has 24 heavy (non-hydrogen) atoms. The van der Waals surface area contributed by atoms with Crippen LogP contribution in [0.25, 0.3) is 11.1 Å². The summed E-state index contributed by atoms with van der Waals surface area (Å²) in [6.45, 7) is 4.63. The molecular weight excluding hydrogens is 311 g/mol. The molecule has 0 aromatic heterocycles. The third-order valence-electron chi connectivity index (χ3n) is 5.08. The first-order valence-corrected chi connectivity index (χ1v) is 10.9. The minimum atomic E-state index is -0.523. The van der Waals surface area contributed by atoms with E-state index in [1.807, 2.05) is 0 Å². The highest BCUT2D eigenvalue weighted by atomic mass is 31.1. The van der Waals surface area contributed by atoms with E-state index in [9.17, 15) is 0 Å². The molecule has 0 saturated heterocycles. The number of hydrogen-bond acceptors (Lipinski definition) is 1. The maximum absolute atomic E-state index is 6.42. The lowest BCUT2D eigenvalue weighted by molar-refractivity contribution is 0.417. The summed E-state index contributed by atoms with van der Waals surface area (Å²) in [5, 5.41) is 1.42. The minimum absolute atomic E-state index is 0.523. The normalized spacial score (nSPS) is 16.8. The monoisotopic (exact) mass is 340 g/mol. The lowest BCUT2D eigenvalue weighted by atomic mass is 9.95. The van der Waals surface area contributed by atoms with Crippen LogP contribution in [0.2, 0.25) is 0 Å². The smallest absolute Gasteiger partial charge is 0.131 e. The summed E-state index contributed by atoms with van der Waals surface area (Å²) in [6.07, 6.45) is 9.22. The van der Waals surface area contributed by atoms with E-state index in [0.717, 1.165) is 11.7 Å². The molecule has 3 rings (SSSR count). The Labute approximate surface area is 148 Å². The van der Waals surface area contributed by atoms with Gasteiger partial charge in [-0.05, 0) is 30.4 Å². The van der Waals surface area contributed by atoms with Crippen molar-refractivity contribution < 1.29 is 4.52 Å². The second kappa shape index (κ2) is 8.67. The molecule has 1 heterocycles. The van der Waals surface area contributed by atoms with Gasteiger partial charge in [0.05, 0.1) is 0 Å². The van der Waals surface area contributed by atoms with Gasteiger partial charge in [0.2, 0.25) is 0 Å². The van der Waals surface area contributed by atoms with Crippen LogP contribution >= 0.6 is 8.15 Å². The summed E-state index contributed by atoms with van der Waals surface area (Å²) in [4.78, 5) is 0. The summed E-state index contributed by atoms with van der Waals surface area (Å²) in [5.74, 6) is 1.97. The first-order chi connectivity index (χ1) is 11.8. The fraction of sp³-hybridized carbons (Fsp3) is 0.455. The molecule has 1 aliphatic rings. The number of benzene rings is 2. The Morgan fingerprint density at radius 2 is 1.58 bits per heavy atom. The Balaban J connectivity index is 1.67. The Kier molecular flexibility index (Phi) is 6.32. The molecule has 2 heteroatoms. The Hall–Kier alpha value is -1.33. The van der Waals surface area contributed by atoms with Gasteiger partial charge < -0.3 is 4.52 Å². The second-order valence-electron chi connectivity index (χ2n) is 6.77. The molecule has 1 nitrogen and oxygen atoms in total. The average Bonchev–Trinajstić information content (AvgIpc) is 2.64. The largest absolute Gasteiger partial charge is 0.469 e. The third kappa shape index (κ3) is 4.01. The lowest BCUT2D eigenvalue weighted by Gasteiger charge is -2.28. The molecule has 0 radical (unpaired) electrons. The van der Waals surface area contributed by atoms with Crippen molar-refractivity contribution in [2.75, 3.05) is 6.16 Å². The van der Waals surface area contributed by atoms with Crippen LogP contribution in [0.15, 0.2) is 48.5 Å². The number of rotatable bonds is 8. The van der Waals surface area contributed by atoms with Gasteiger partial charge in [0.15, 0.2) is 0 Å². The minimum Gasteiger partial charge on any atom is -0.469 e. The molecule has 0 bridgehead atoms. The second-order valence-corrected chi connectivity index (χ2v) is 8.63.